The summed E-state index contributed by atoms with van der Waals surface area (Å²) >= 11 is 0. The first-order valence-electron chi connectivity index (χ1n) is 7.89. The van der Waals surface area contributed by atoms with Gasteiger partial charge in [-0.25, -0.2) is 0 Å². The van der Waals surface area contributed by atoms with Crippen LogP contribution in [0.2, 0.25) is 0 Å². The zero-order valence-corrected chi connectivity index (χ0v) is 13.7. The van der Waals surface area contributed by atoms with Gasteiger partial charge in [0.25, 0.3) is 0 Å². The fourth-order valence-corrected chi connectivity index (χ4v) is 3.09. The summed E-state index contributed by atoms with van der Waals surface area (Å²) in [5.41, 5.74) is 3.61. The molecule has 0 radical (unpaired) electrons. The Bertz CT molecular complexity index is 677. The average molecular weight is 310 g/mol. The van der Waals surface area contributed by atoms with Gasteiger partial charge in [-0.15, -0.1) is 0 Å². The molecule has 2 aromatic rings. The van der Waals surface area contributed by atoms with Gasteiger partial charge in [0.2, 0.25) is 0 Å². The summed E-state index contributed by atoms with van der Waals surface area (Å²) in [6, 6.07) is 14.1. The molecule has 0 bridgehead atoms. The minimum absolute atomic E-state index is 0.637. The lowest BCUT2D eigenvalue weighted by molar-refractivity contribution is 0.112. The predicted octanol–water partition coefficient (Wildman–Crippen LogP) is 2.93. The van der Waals surface area contributed by atoms with Gasteiger partial charge in [0, 0.05) is 31.7 Å². The molecule has 0 amide bonds. The summed E-state index contributed by atoms with van der Waals surface area (Å²) < 4.78 is 5.61. The van der Waals surface area contributed by atoms with Crippen molar-refractivity contribution in [3.63, 3.8) is 0 Å². The molecule has 1 aliphatic heterocycles. The van der Waals surface area contributed by atoms with E-state index in [1.807, 2.05) is 36.4 Å². The van der Waals surface area contributed by atoms with E-state index in [4.69, 9.17) is 4.74 Å². The van der Waals surface area contributed by atoms with Crippen molar-refractivity contribution in [1.82, 2.24) is 4.90 Å². The van der Waals surface area contributed by atoms with E-state index in [1.54, 1.807) is 7.11 Å². The second kappa shape index (κ2) is 6.84. The number of carbonyl (C=O) groups excluding carboxylic acids is 1. The molecular weight excluding hydrogens is 288 g/mol. The van der Waals surface area contributed by atoms with Crippen LogP contribution >= 0.6 is 0 Å². The molecule has 0 unspecified atom stereocenters. The van der Waals surface area contributed by atoms with E-state index in [0.29, 0.717) is 11.3 Å². The quantitative estimate of drug-likeness (QED) is 0.813. The number of likely N-dealkylation sites (N-methyl/N-ethyl adjacent to an activating group) is 1. The van der Waals surface area contributed by atoms with Gasteiger partial charge in [0.15, 0.2) is 6.29 Å². The minimum atomic E-state index is 0.637. The summed E-state index contributed by atoms with van der Waals surface area (Å²) in [4.78, 5) is 16.3. The van der Waals surface area contributed by atoms with E-state index in [9.17, 15) is 4.79 Å². The lowest BCUT2D eigenvalue weighted by Crippen LogP contribution is -2.44. The third-order valence-corrected chi connectivity index (χ3v) is 4.42. The Hall–Kier alpha value is -2.33. The maximum atomic E-state index is 11.8. The molecule has 3 rings (SSSR count). The van der Waals surface area contributed by atoms with Gasteiger partial charge in [0.1, 0.15) is 5.75 Å². The summed E-state index contributed by atoms with van der Waals surface area (Å²) in [7, 11) is 3.75. The Morgan fingerprint density at radius 1 is 1.00 bits per heavy atom. The number of hydrogen-bond acceptors (Lipinski definition) is 4. The number of ether oxygens (including phenoxy) is 1. The minimum Gasteiger partial charge on any atom is -0.495 e. The van der Waals surface area contributed by atoms with Gasteiger partial charge in [-0.3, -0.25) is 4.79 Å². The third kappa shape index (κ3) is 3.08. The van der Waals surface area contributed by atoms with E-state index >= 15 is 0 Å². The number of aldehydes is 1. The van der Waals surface area contributed by atoms with Gasteiger partial charge >= 0.3 is 0 Å². The van der Waals surface area contributed by atoms with Gasteiger partial charge in [-0.2, -0.15) is 0 Å². The normalized spacial score (nSPS) is 15.5. The number of piperazine rings is 1. The largest absolute Gasteiger partial charge is 0.495 e. The molecule has 0 atom stereocenters. The molecule has 4 nitrogen and oxygen atoms in total. The maximum absolute atomic E-state index is 11.8. The lowest BCUT2D eigenvalue weighted by atomic mass is 9.99. The van der Waals surface area contributed by atoms with Gasteiger partial charge in [-0.1, -0.05) is 30.3 Å². The van der Waals surface area contributed by atoms with Crippen molar-refractivity contribution in [1.29, 1.82) is 0 Å². The number of rotatable bonds is 4. The second-order valence-electron chi connectivity index (χ2n) is 5.85. The van der Waals surface area contributed by atoms with Crippen molar-refractivity contribution in [2.75, 3.05) is 45.2 Å². The van der Waals surface area contributed by atoms with Crippen LogP contribution in [0.15, 0.2) is 42.5 Å². The molecule has 0 spiro atoms. The molecule has 0 aliphatic carbocycles. The Balaban J connectivity index is 2.04. The number of nitrogens with zero attached hydrogens (tertiary/aromatic N) is 2. The van der Waals surface area contributed by atoms with E-state index < -0.39 is 0 Å². The molecule has 1 aliphatic rings. The molecule has 0 aromatic heterocycles. The molecule has 1 saturated heterocycles. The second-order valence-corrected chi connectivity index (χ2v) is 5.85. The van der Waals surface area contributed by atoms with Crippen molar-refractivity contribution >= 4 is 12.0 Å². The van der Waals surface area contributed by atoms with Crippen LogP contribution in [-0.2, 0) is 0 Å². The fourth-order valence-electron chi connectivity index (χ4n) is 3.09. The molecule has 4 heteroatoms. The van der Waals surface area contributed by atoms with Crippen LogP contribution in [-0.4, -0.2) is 51.5 Å². The molecular formula is C19H22N2O2. The first kappa shape index (κ1) is 15.6. The highest BCUT2D eigenvalue weighted by molar-refractivity contribution is 5.93. The lowest BCUT2D eigenvalue weighted by Gasteiger charge is -2.35. The number of hydrogen-bond donors (Lipinski definition) is 0. The van der Waals surface area contributed by atoms with E-state index in [0.717, 1.165) is 49.3 Å². The van der Waals surface area contributed by atoms with Gasteiger partial charge in [0.05, 0.1) is 18.4 Å². The fraction of sp³-hybridized carbons (Fsp3) is 0.316. The van der Waals surface area contributed by atoms with Crippen LogP contribution in [0, 0.1) is 0 Å². The van der Waals surface area contributed by atoms with Crippen LogP contribution in [0.3, 0.4) is 0 Å². The Kier molecular flexibility index (Phi) is 4.63. The average Bonchev–Trinajstić information content (AvgIpc) is 2.61. The molecule has 1 fully saturated rings. The number of anilines is 1. The summed E-state index contributed by atoms with van der Waals surface area (Å²) in [5.74, 6) is 0.655. The Labute approximate surface area is 137 Å². The standard InChI is InChI=1S/C19H22N2O2/c1-20-10-12-21(13-11-20)18-9-8-16(15-6-4-3-5-7-15)19(23-2)17(18)14-22/h3-9,14H,10-13H2,1-2H3. The zero-order valence-electron chi connectivity index (χ0n) is 13.7. The zero-order chi connectivity index (χ0) is 16.2. The highest BCUT2D eigenvalue weighted by atomic mass is 16.5. The Morgan fingerprint density at radius 2 is 1.70 bits per heavy atom. The maximum Gasteiger partial charge on any atom is 0.155 e. The number of methoxy groups -OCH3 is 1. The molecule has 2 aromatic carbocycles. The van der Waals surface area contributed by atoms with E-state index in [2.05, 4.69) is 22.9 Å². The van der Waals surface area contributed by atoms with Crippen LogP contribution in [0.25, 0.3) is 11.1 Å². The first-order valence-corrected chi connectivity index (χ1v) is 7.89. The SMILES string of the molecule is COc1c(-c2ccccc2)ccc(N2CCN(C)CC2)c1C=O. The predicted molar refractivity (Wildman–Crippen MR) is 93.5 cm³/mol. The van der Waals surface area contributed by atoms with Crippen molar-refractivity contribution in [3.05, 3.63) is 48.0 Å². The van der Waals surface area contributed by atoms with Crippen molar-refractivity contribution in [3.8, 4) is 16.9 Å². The summed E-state index contributed by atoms with van der Waals surface area (Å²) in [5, 5.41) is 0. The number of benzene rings is 2. The van der Waals surface area contributed by atoms with Crippen molar-refractivity contribution < 1.29 is 9.53 Å². The molecule has 0 saturated carbocycles. The summed E-state index contributed by atoms with van der Waals surface area (Å²) in [6.07, 6.45) is 0.916. The van der Waals surface area contributed by atoms with Crippen LogP contribution in [0.5, 0.6) is 5.75 Å². The van der Waals surface area contributed by atoms with Crippen LogP contribution in [0.4, 0.5) is 5.69 Å². The van der Waals surface area contributed by atoms with Gasteiger partial charge in [-0.05, 0) is 24.7 Å². The highest BCUT2D eigenvalue weighted by Crippen LogP contribution is 2.37. The smallest absolute Gasteiger partial charge is 0.155 e. The van der Waals surface area contributed by atoms with Crippen molar-refractivity contribution in [2.24, 2.45) is 0 Å². The molecule has 23 heavy (non-hydrogen) atoms. The van der Waals surface area contributed by atoms with E-state index in [-0.39, 0.29) is 0 Å². The van der Waals surface area contributed by atoms with Crippen molar-refractivity contribution in [2.45, 2.75) is 0 Å². The van der Waals surface area contributed by atoms with Gasteiger partial charge < -0.3 is 14.5 Å². The monoisotopic (exact) mass is 310 g/mol. The third-order valence-electron chi connectivity index (χ3n) is 4.42. The van der Waals surface area contributed by atoms with Crippen LogP contribution in [0.1, 0.15) is 10.4 Å². The molecule has 0 N–H and O–H groups in total. The van der Waals surface area contributed by atoms with Crippen LogP contribution < -0.4 is 9.64 Å². The topological polar surface area (TPSA) is 32.8 Å². The Morgan fingerprint density at radius 3 is 2.30 bits per heavy atom. The molecule has 120 valence electrons. The highest BCUT2D eigenvalue weighted by Gasteiger charge is 2.21. The number of carbonyl (C=O) groups is 1. The summed E-state index contributed by atoms with van der Waals surface area (Å²) in [6.45, 7) is 3.85. The first-order chi connectivity index (χ1) is 11.2. The molecule has 1 heterocycles. The van der Waals surface area contributed by atoms with E-state index in [1.165, 1.54) is 0 Å².